The quantitative estimate of drug-likeness (QED) is 0.747. The van der Waals surface area contributed by atoms with Crippen LogP contribution in [-0.4, -0.2) is 26.3 Å². The zero-order valence-electron chi connectivity index (χ0n) is 8.93. The Morgan fingerprint density at radius 2 is 2.08 bits per heavy atom. The Morgan fingerprint density at radius 1 is 1.46 bits per heavy atom. The van der Waals surface area contributed by atoms with Gasteiger partial charge in [0.1, 0.15) is 0 Å². The van der Waals surface area contributed by atoms with Crippen molar-refractivity contribution >= 4 is 12.4 Å². The van der Waals surface area contributed by atoms with E-state index in [1.807, 2.05) is 0 Å². The van der Waals surface area contributed by atoms with Gasteiger partial charge in [0, 0.05) is 19.7 Å². The lowest BCUT2D eigenvalue weighted by molar-refractivity contribution is 0.128. The Hall–Kier alpha value is 0.210. The second kappa shape index (κ2) is 5.84. The number of methoxy groups -OCH3 is 1. The summed E-state index contributed by atoms with van der Waals surface area (Å²) in [6.07, 6.45) is 4.19. The van der Waals surface area contributed by atoms with Gasteiger partial charge in [0.15, 0.2) is 0 Å². The summed E-state index contributed by atoms with van der Waals surface area (Å²) in [4.78, 5) is 0. The molecule has 0 aromatic heterocycles. The van der Waals surface area contributed by atoms with Gasteiger partial charge in [-0.2, -0.15) is 0 Å². The SMILES string of the molecule is COCC(C)NCC1(C)CCC1.Cl. The van der Waals surface area contributed by atoms with Crippen LogP contribution in [-0.2, 0) is 4.74 Å². The van der Waals surface area contributed by atoms with Gasteiger partial charge >= 0.3 is 0 Å². The minimum Gasteiger partial charge on any atom is -0.383 e. The summed E-state index contributed by atoms with van der Waals surface area (Å²) in [6, 6.07) is 0.493. The highest BCUT2D eigenvalue weighted by molar-refractivity contribution is 5.85. The maximum atomic E-state index is 5.06. The van der Waals surface area contributed by atoms with Crippen molar-refractivity contribution < 1.29 is 4.74 Å². The van der Waals surface area contributed by atoms with Gasteiger partial charge in [0.05, 0.1) is 6.61 Å². The fourth-order valence-electron chi connectivity index (χ4n) is 1.69. The van der Waals surface area contributed by atoms with Crippen molar-refractivity contribution in [2.75, 3.05) is 20.3 Å². The van der Waals surface area contributed by atoms with Crippen LogP contribution < -0.4 is 5.32 Å². The second-order valence-electron chi connectivity index (χ2n) is 4.40. The summed E-state index contributed by atoms with van der Waals surface area (Å²) in [7, 11) is 1.75. The number of rotatable bonds is 5. The molecule has 0 aromatic carbocycles. The van der Waals surface area contributed by atoms with Gasteiger partial charge in [0.2, 0.25) is 0 Å². The van der Waals surface area contributed by atoms with E-state index in [0.29, 0.717) is 11.5 Å². The molecule has 0 spiro atoms. The normalized spacial score (nSPS) is 21.5. The second-order valence-corrected chi connectivity index (χ2v) is 4.40. The molecule has 1 atom stereocenters. The van der Waals surface area contributed by atoms with E-state index in [0.717, 1.165) is 13.2 Å². The fourth-order valence-corrected chi connectivity index (χ4v) is 1.69. The van der Waals surface area contributed by atoms with E-state index in [4.69, 9.17) is 4.74 Å². The van der Waals surface area contributed by atoms with Crippen LogP contribution in [0, 0.1) is 5.41 Å². The van der Waals surface area contributed by atoms with Crippen molar-refractivity contribution in [3.63, 3.8) is 0 Å². The molecule has 0 saturated heterocycles. The molecule has 3 heteroatoms. The average Bonchev–Trinajstić information content (AvgIpc) is 1.98. The van der Waals surface area contributed by atoms with Crippen molar-refractivity contribution in [2.45, 2.75) is 39.2 Å². The first-order chi connectivity index (χ1) is 5.66. The molecule has 0 amide bonds. The van der Waals surface area contributed by atoms with E-state index < -0.39 is 0 Å². The smallest absolute Gasteiger partial charge is 0.0613 e. The topological polar surface area (TPSA) is 21.3 Å². The van der Waals surface area contributed by atoms with Crippen LogP contribution in [0.15, 0.2) is 0 Å². The molecule has 0 heterocycles. The molecule has 0 bridgehead atoms. The predicted octanol–water partition coefficient (Wildman–Crippen LogP) is 2.22. The highest BCUT2D eigenvalue weighted by atomic mass is 35.5. The minimum atomic E-state index is 0. The standard InChI is InChI=1S/C10H21NO.ClH/c1-9(7-12-3)11-8-10(2)5-4-6-10;/h9,11H,4-8H2,1-3H3;1H. The first-order valence-corrected chi connectivity index (χ1v) is 4.89. The van der Waals surface area contributed by atoms with Crippen LogP contribution >= 0.6 is 12.4 Å². The third-order valence-electron chi connectivity index (χ3n) is 2.85. The third kappa shape index (κ3) is 4.30. The molecule has 0 radical (unpaired) electrons. The van der Waals surface area contributed by atoms with Crippen LogP contribution in [0.1, 0.15) is 33.1 Å². The Bertz CT molecular complexity index is 137. The van der Waals surface area contributed by atoms with Gasteiger partial charge in [0.25, 0.3) is 0 Å². The highest BCUT2D eigenvalue weighted by Crippen LogP contribution is 2.39. The number of ether oxygens (including phenoxy) is 1. The van der Waals surface area contributed by atoms with E-state index in [1.165, 1.54) is 19.3 Å². The zero-order chi connectivity index (χ0) is 9.03. The van der Waals surface area contributed by atoms with Crippen LogP contribution in [0.5, 0.6) is 0 Å². The molecule has 0 aliphatic heterocycles. The molecule has 1 aliphatic carbocycles. The molecule has 2 nitrogen and oxygen atoms in total. The van der Waals surface area contributed by atoms with Gasteiger partial charge in [-0.25, -0.2) is 0 Å². The molecule has 0 aromatic rings. The molecule has 1 rings (SSSR count). The Balaban J connectivity index is 0.00000144. The number of nitrogens with one attached hydrogen (secondary N) is 1. The van der Waals surface area contributed by atoms with E-state index in [2.05, 4.69) is 19.2 Å². The molecule has 80 valence electrons. The Labute approximate surface area is 87.8 Å². The zero-order valence-corrected chi connectivity index (χ0v) is 9.75. The average molecular weight is 208 g/mol. The van der Waals surface area contributed by atoms with Crippen molar-refractivity contribution in [3.8, 4) is 0 Å². The van der Waals surface area contributed by atoms with E-state index in [9.17, 15) is 0 Å². The summed E-state index contributed by atoms with van der Waals surface area (Å²) >= 11 is 0. The highest BCUT2D eigenvalue weighted by Gasteiger charge is 2.31. The van der Waals surface area contributed by atoms with Crippen LogP contribution in [0.4, 0.5) is 0 Å². The maximum absolute atomic E-state index is 5.06. The minimum absolute atomic E-state index is 0. The third-order valence-corrected chi connectivity index (χ3v) is 2.85. The Kier molecular flexibility index (Phi) is 5.93. The summed E-state index contributed by atoms with van der Waals surface area (Å²) in [6.45, 7) is 6.50. The van der Waals surface area contributed by atoms with E-state index in [1.54, 1.807) is 7.11 Å². The van der Waals surface area contributed by atoms with Crippen molar-refractivity contribution in [2.24, 2.45) is 5.41 Å². The predicted molar refractivity (Wildman–Crippen MR) is 58.5 cm³/mol. The lowest BCUT2D eigenvalue weighted by Gasteiger charge is -2.39. The summed E-state index contributed by atoms with van der Waals surface area (Å²) in [5.41, 5.74) is 0.585. The van der Waals surface area contributed by atoms with E-state index >= 15 is 0 Å². The lowest BCUT2D eigenvalue weighted by Crippen LogP contribution is -2.42. The van der Waals surface area contributed by atoms with Crippen molar-refractivity contribution in [3.05, 3.63) is 0 Å². The lowest BCUT2D eigenvalue weighted by atomic mass is 9.70. The van der Waals surface area contributed by atoms with Crippen LogP contribution in [0.25, 0.3) is 0 Å². The van der Waals surface area contributed by atoms with E-state index in [-0.39, 0.29) is 12.4 Å². The van der Waals surface area contributed by atoms with Gasteiger partial charge in [-0.05, 0) is 25.2 Å². The summed E-state index contributed by atoms with van der Waals surface area (Å²) in [5, 5.41) is 3.50. The molecular formula is C10H22ClNO. The molecule has 1 unspecified atom stereocenters. The van der Waals surface area contributed by atoms with Crippen molar-refractivity contribution in [1.29, 1.82) is 0 Å². The Morgan fingerprint density at radius 3 is 2.46 bits per heavy atom. The first-order valence-electron chi connectivity index (χ1n) is 4.89. The summed E-state index contributed by atoms with van der Waals surface area (Å²) in [5.74, 6) is 0. The van der Waals surface area contributed by atoms with Gasteiger partial charge in [-0.15, -0.1) is 12.4 Å². The first kappa shape index (κ1) is 13.2. The molecule has 1 N–H and O–H groups in total. The number of halogens is 1. The fraction of sp³-hybridized carbons (Fsp3) is 1.00. The van der Waals surface area contributed by atoms with Crippen LogP contribution in [0.2, 0.25) is 0 Å². The largest absolute Gasteiger partial charge is 0.383 e. The number of hydrogen-bond acceptors (Lipinski definition) is 2. The van der Waals surface area contributed by atoms with Crippen LogP contribution in [0.3, 0.4) is 0 Å². The maximum Gasteiger partial charge on any atom is 0.0613 e. The molecular weight excluding hydrogens is 186 g/mol. The molecule has 1 saturated carbocycles. The van der Waals surface area contributed by atoms with Gasteiger partial charge in [-0.3, -0.25) is 0 Å². The van der Waals surface area contributed by atoms with Crippen molar-refractivity contribution in [1.82, 2.24) is 5.32 Å². The number of hydrogen-bond donors (Lipinski definition) is 1. The van der Waals surface area contributed by atoms with Gasteiger partial charge in [-0.1, -0.05) is 13.3 Å². The monoisotopic (exact) mass is 207 g/mol. The van der Waals surface area contributed by atoms with Gasteiger partial charge < -0.3 is 10.1 Å². The summed E-state index contributed by atoms with van der Waals surface area (Å²) < 4.78 is 5.06. The molecule has 1 aliphatic rings. The molecule has 1 fully saturated rings. The molecule has 13 heavy (non-hydrogen) atoms.